The molecule has 0 N–H and O–H groups in total. The van der Waals surface area contributed by atoms with Gasteiger partial charge in [0, 0.05) is 19.6 Å². The lowest BCUT2D eigenvalue weighted by Crippen LogP contribution is -2.47. The Labute approximate surface area is 154 Å². The normalized spacial score (nSPS) is 22.0. The lowest BCUT2D eigenvalue weighted by Gasteiger charge is -2.36. The van der Waals surface area contributed by atoms with Crippen molar-refractivity contribution >= 4 is 6.09 Å². The van der Waals surface area contributed by atoms with Gasteiger partial charge in [-0.05, 0) is 41.0 Å². The van der Waals surface area contributed by atoms with Crippen molar-refractivity contribution in [3.63, 3.8) is 0 Å². The zero-order valence-electron chi connectivity index (χ0n) is 15.4. The molecule has 2 aromatic carbocycles. The monoisotopic (exact) mass is 351 g/mol. The van der Waals surface area contributed by atoms with E-state index in [0.717, 1.165) is 12.8 Å². The number of ether oxygens (including phenoxy) is 2. The second-order valence-electron chi connectivity index (χ2n) is 7.33. The molecule has 0 spiro atoms. The Morgan fingerprint density at radius 1 is 1.04 bits per heavy atom. The van der Waals surface area contributed by atoms with Crippen LogP contribution in [0.1, 0.15) is 36.8 Å². The van der Waals surface area contributed by atoms with Gasteiger partial charge in [0.05, 0.1) is 0 Å². The van der Waals surface area contributed by atoms with Crippen LogP contribution in [0.25, 0.3) is 11.1 Å². The van der Waals surface area contributed by atoms with Crippen molar-refractivity contribution < 1.29 is 14.3 Å². The summed E-state index contributed by atoms with van der Waals surface area (Å²) >= 11 is 0. The minimum Gasteiger partial charge on any atom is -0.448 e. The Morgan fingerprint density at radius 3 is 2.27 bits per heavy atom. The molecule has 4 nitrogen and oxygen atoms in total. The second kappa shape index (κ2) is 7.12. The van der Waals surface area contributed by atoms with E-state index in [2.05, 4.69) is 43.3 Å². The van der Waals surface area contributed by atoms with Gasteiger partial charge in [0.2, 0.25) is 0 Å². The van der Waals surface area contributed by atoms with Gasteiger partial charge in [-0.15, -0.1) is 0 Å². The van der Waals surface area contributed by atoms with Crippen molar-refractivity contribution in [3.8, 4) is 11.1 Å². The van der Waals surface area contributed by atoms with Crippen LogP contribution >= 0.6 is 0 Å². The van der Waals surface area contributed by atoms with E-state index in [0.29, 0.717) is 19.1 Å². The van der Waals surface area contributed by atoms with Crippen LogP contribution in [0.4, 0.5) is 4.79 Å². The number of likely N-dealkylation sites (tertiary alicyclic amines) is 1. The summed E-state index contributed by atoms with van der Waals surface area (Å²) in [7, 11) is 1.66. The van der Waals surface area contributed by atoms with Crippen LogP contribution in [-0.2, 0) is 9.47 Å². The number of rotatable bonds is 3. The Balaban J connectivity index is 1.52. The average molecular weight is 351 g/mol. The number of nitrogens with zero attached hydrogens (tertiary/aromatic N) is 1. The number of fused-ring (bicyclic) bond motifs is 3. The Hall–Kier alpha value is -2.33. The molecule has 2 aliphatic rings. The molecule has 4 rings (SSSR count). The molecule has 1 amide bonds. The maximum Gasteiger partial charge on any atom is 0.411 e. The summed E-state index contributed by atoms with van der Waals surface area (Å²) in [5, 5.41) is 0. The number of carbonyl (C=O) groups is 1. The van der Waals surface area contributed by atoms with Crippen LogP contribution in [0.3, 0.4) is 0 Å². The summed E-state index contributed by atoms with van der Waals surface area (Å²) in [6.45, 7) is 3.21. The highest BCUT2D eigenvalue weighted by Crippen LogP contribution is 2.44. The molecule has 26 heavy (non-hydrogen) atoms. The predicted molar refractivity (Wildman–Crippen MR) is 101 cm³/mol. The number of amides is 1. The molecule has 0 saturated carbocycles. The van der Waals surface area contributed by atoms with E-state index in [1.165, 1.54) is 22.3 Å². The maximum atomic E-state index is 12.7. The zero-order chi connectivity index (χ0) is 18.1. The summed E-state index contributed by atoms with van der Waals surface area (Å²) in [4.78, 5) is 14.5. The number of hydrogen-bond donors (Lipinski definition) is 0. The molecular weight excluding hydrogens is 326 g/mol. The second-order valence-corrected chi connectivity index (χ2v) is 7.33. The van der Waals surface area contributed by atoms with Crippen molar-refractivity contribution in [2.45, 2.75) is 31.9 Å². The fraction of sp³-hybridized carbons (Fsp3) is 0.409. The smallest absolute Gasteiger partial charge is 0.411 e. The highest BCUT2D eigenvalue weighted by Gasteiger charge is 2.33. The summed E-state index contributed by atoms with van der Waals surface area (Å²) in [6, 6.07) is 16.8. The highest BCUT2D eigenvalue weighted by atomic mass is 16.6. The number of methoxy groups -OCH3 is 1. The van der Waals surface area contributed by atoms with Crippen LogP contribution in [-0.4, -0.2) is 37.5 Å². The number of benzene rings is 2. The molecule has 2 aromatic rings. The van der Waals surface area contributed by atoms with Crippen LogP contribution < -0.4 is 0 Å². The minimum absolute atomic E-state index is 0.0922. The topological polar surface area (TPSA) is 38.8 Å². The molecule has 1 aliphatic carbocycles. The molecule has 2 atom stereocenters. The molecule has 1 saturated heterocycles. The summed E-state index contributed by atoms with van der Waals surface area (Å²) in [5.41, 5.74) is 4.95. The minimum atomic E-state index is -0.273. The van der Waals surface area contributed by atoms with Crippen LogP contribution in [0.5, 0.6) is 0 Å². The first-order valence-corrected chi connectivity index (χ1v) is 9.33. The van der Waals surface area contributed by atoms with Crippen molar-refractivity contribution in [1.29, 1.82) is 0 Å². The quantitative estimate of drug-likeness (QED) is 0.809. The summed E-state index contributed by atoms with van der Waals surface area (Å²) in [5.74, 6) is 0.566. The third kappa shape index (κ3) is 2.99. The first kappa shape index (κ1) is 17.1. The van der Waals surface area contributed by atoms with Gasteiger partial charge in [0.25, 0.3) is 0 Å². The lowest BCUT2D eigenvalue weighted by molar-refractivity contribution is -0.0599. The molecule has 1 fully saturated rings. The molecule has 1 unspecified atom stereocenters. The van der Waals surface area contributed by atoms with E-state index in [4.69, 9.17) is 9.47 Å². The SMILES string of the molecule is COC1CC[C@@H](C)CN1C(=O)OCC1c2ccccc2-c2ccccc21. The van der Waals surface area contributed by atoms with Crippen LogP contribution in [0.2, 0.25) is 0 Å². The largest absolute Gasteiger partial charge is 0.448 e. The fourth-order valence-corrected chi connectivity index (χ4v) is 4.24. The van der Waals surface area contributed by atoms with E-state index in [9.17, 15) is 4.79 Å². The first-order valence-electron chi connectivity index (χ1n) is 9.33. The van der Waals surface area contributed by atoms with Crippen LogP contribution in [0.15, 0.2) is 48.5 Å². The lowest BCUT2D eigenvalue weighted by atomic mass is 9.98. The highest BCUT2D eigenvalue weighted by molar-refractivity contribution is 5.79. The standard InChI is InChI=1S/C22H25NO3/c1-15-11-12-21(25-2)23(13-15)22(24)26-14-20-18-9-5-3-7-16(18)17-8-4-6-10-19(17)20/h3-10,15,20-21H,11-14H2,1-2H3/t15-,21?/m1/s1. The van der Waals surface area contributed by atoms with Gasteiger partial charge in [-0.2, -0.15) is 0 Å². The number of hydrogen-bond acceptors (Lipinski definition) is 3. The van der Waals surface area contributed by atoms with Gasteiger partial charge in [-0.1, -0.05) is 55.5 Å². The van der Waals surface area contributed by atoms with Gasteiger partial charge >= 0.3 is 6.09 Å². The Bertz CT molecular complexity index is 758. The molecule has 1 aliphatic heterocycles. The Kier molecular flexibility index (Phi) is 4.68. The van der Waals surface area contributed by atoms with Gasteiger partial charge in [0.1, 0.15) is 12.8 Å². The molecule has 1 heterocycles. The van der Waals surface area contributed by atoms with E-state index in [1.54, 1.807) is 12.0 Å². The molecule has 0 radical (unpaired) electrons. The third-order valence-electron chi connectivity index (χ3n) is 5.61. The number of carbonyl (C=O) groups excluding carboxylic acids is 1. The average Bonchev–Trinajstić information content (AvgIpc) is 3.00. The van der Waals surface area contributed by atoms with Crippen molar-refractivity contribution in [1.82, 2.24) is 4.90 Å². The first-order chi connectivity index (χ1) is 12.7. The summed E-state index contributed by atoms with van der Waals surface area (Å²) < 4.78 is 11.2. The van der Waals surface area contributed by atoms with E-state index in [1.807, 2.05) is 12.1 Å². The molecule has 0 bridgehead atoms. The van der Waals surface area contributed by atoms with E-state index >= 15 is 0 Å². The summed E-state index contributed by atoms with van der Waals surface area (Å²) in [6.07, 6.45) is 1.49. The molecule has 0 aromatic heterocycles. The zero-order valence-corrected chi connectivity index (χ0v) is 15.4. The van der Waals surface area contributed by atoms with E-state index < -0.39 is 0 Å². The predicted octanol–water partition coefficient (Wildman–Crippen LogP) is 4.64. The number of piperidine rings is 1. The van der Waals surface area contributed by atoms with Crippen molar-refractivity contribution in [3.05, 3.63) is 59.7 Å². The van der Waals surface area contributed by atoms with Gasteiger partial charge in [0.15, 0.2) is 0 Å². The van der Waals surface area contributed by atoms with Gasteiger partial charge in [-0.25, -0.2) is 4.79 Å². The third-order valence-corrected chi connectivity index (χ3v) is 5.61. The molecular formula is C22H25NO3. The molecule has 136 valence electrons. The molecule has 4 heteroatoms. The van der Waals surface area contributed by atoms with Crippen molar-refractivity contribution in [2.24, 2.45) is 5.92 Å². The van der Waals surface area contributed by atoms with Crippen molar-refractivity contribution in [2.75, 3.05) is 20.3 Å². The van der Waals surface area contributed by atoms with Crippen LogP contribution in [0, 0.1) is 5.92 Å². The Morgan fingerprint density at radius 2 is 1.65 bits per heavy atom. The fourth-order valence-electron chi connectivity index (χ4n) is 4.24. The maximum absolute atomic E-state index is 12.7. The van der Waals surface area contributed by atoms with E-state index in [-0.39, 0.29) is 18.2 Å². The van der Waals surface area contributed by atoms with Gasteiger partial charge in [-0.3, -0.25) is 4.90 Å². The van der Waals surface area contributed by atoms with Gasteiger partial charge < -0.3 is 9.47 Å².